The number of alkyl halides is 3. The minimum atomic E-state index is -4.82. The van der Waals surface area contributed by atoms with Gasteiger partial charge in [-0.25, -0.2) is 8.78 Å². The van der Waals surface area contributed by atoms with E-state index in [-0.39, 0.29) is 11.5 Å². The summed E-state index contributed by atoms with van der Waals surface area (Å²) in [6, 6.07) is 5.92. The molecule has 0 spiro atoms. The van der Waals surface area contributed by atoms with E-state index in [1.54, 1.807) is 18.1 Å². The van der Waals surface area contributed by atoms with Crippen LogP contribution in [0.25, 0.3) is 16.3 Å². The highest BCUT2D eigenvalue weighted by atomic mass is 19.4. The normalized spacial score (nSPS) is 23.7. The maximum atomic E-state index is 14.6. The number of hydrogen-bond donors (Lipinski definition) is 0. The van der Waals surface area contributed by atoms with Gasteiger partial charge < -0.3 is 4.74 Å². The lowest BCUT2D eigenvalue weighted by molar-refractivity contribution is -0.0696. The first-order valence-corrected chi connectivity index (χ1v) is 11.5. The monoisotopic (exact) mass is 462 g/mol. The third-order valence-electron chi connectivity index (χ3n) is 6.79. The van der Waals surface area contributed by atoms with Crippen molar-refractivity contribution in [1.82, 2.24) is 0 Å². The Morgan fingerprint density at radius 3 is 2.45 bits per heavy atom. The van der Waals surface area contributed by atoms with E-state index in [2.05, 4.69) is 13.0 Å². The second kappa shape index (κ2) is 9.85. The van der Waals surface area contributed by atoms with Crippen LogP contribution in [0, 0.1) is 35.3 Å². The van der Waals surface area contributed by atoms with Gasteiger partial charge in [-0.05, 0) is 72.6 Å². The van der Waals surface area contributed by atoms with Gasteiger partial charge in [0.05, 0.1) is 11.7 Å². The van der Waals surface area contributed by atoms with E-state index in [9.17, 15) is 22.0 Å². The first-order valence-electron chi connectivity index (χ1n) is 11.5. The third-order valence-corrected chi connectivity index (χ3v) is 6.79. The zero-order valence-electron chi connectivity index (χ0n) is 18.6. The quantitative estimate of drug-likeness (QED) is 0.333. The molecule has 1 atom stereocenters. The highest BCUT2D eigenvalue weighted by Gasteiger charge is 2.24. The van der Waals surface area contributed by atoms with E-state index in [4.69, 9.17) is 4.74 Å². The first-order chi connectivity index (χ1) is 15.7. The molecule has 1 nitrogen and oxygen atoms in total. The summed E-state index contributed by atoms with van der Waals surface area (Å²) in [5.41, 5.74) is 1.08. The average Bonchev–Trinajstić information content (AvgIpc) is 2.78. The molecule has 0 amide bonds. The van der Waals surface area contributed by atoms with Crippen molar-refractivity contribution in [3.8, 4) is 11.8 Å². The minimum absolute atomic E-state index is 0.0473. The fourth-order valence-electron chi connectivity index (χ4n) is 4.77. The topological polar surface area (TPSA) is 9.23 Å². The van der Waals surface area contributed by atoms with Crippen LogP contribution in [0.5, 0.6) is 0 Å². The summed E-state index contributed by atoms with van der Waals surface area (Å²) in [6.07, 6.45) is 5.02. The fourth-order valence-corrected chi connectivity index (χ4v) is 4.77. The van der Waals surface area contributed by atoms with Crippen molar-refractivity contribution in [3.05, 3.63) is 53.1 Å². The predicted octanol–water partition coefficient (Wildman–Crippen LogP) is 7.81. The lowest BCUT2D eigenvalue weighted by Crippen LogP contribution is -2.23. The van der Waals surface area contributed by atoms with Gasteiger partial charge in [0.15, 0.2) is 0 Å². The molecule has 0 bridgehead atoms. The minimum Gasteiger partial charge on any atom is -0.378 e. The molecule has 0 radical (unpaired) electrons. The van der Waals surface area contributed by atoms with Crippen LogP contribution in [0.4, 0.5) is 22.0 Å². The molecule has 1 unspecified atom stereocenters. The molecule has 4 rings (SSSR count). The Bertz CT molecular complexity index is 1100. The Balaban J connectivity index is 1.45. The zero-order valence-corrected chi connectivity index (χ0v) is 18.6. The Morgan fingerprint density at radius 1 is 1.03 bits per heavy atom. The summed E-state index contributed by atoms with van der Waals surface area (Å²) in [5.74, 6) is 1.82. The maximum absolute atomic E-state index is 14.6. The van der Waals surface area contributed by atoms with Crippen LogP contribution in [0.1, 0.15) is 63.0 Å². The molecule has 2 aromatic carbocycles. The number of rotatable bonds is 4. The summed E-state index contributed by atoms with van der Waals surface area (Å²) >= 11 is 0. The second-order valence-corrected chi connectivity index (χ2v) is 9.32. The van der Waals surface area contributed by atoms with Crippen LogP contribution in [0.2, 0.25) is 0 Å². The highest BCUT2D eigenvalue weighted by Crippen LogP contribution is 2.33. The molecule has 1 fully saturated rings. The van der Waals surface area contributed by atoms with E-state index in [1.807, 2.05) is 0 Å². The molecule has 2 aromatic rings. The molecule has 2 aliphatic carbocycles. The maximum Gasteiger partial charge on any atom is 0.458 e. The van der Waals surface area contributed by atoms with Crippen LogP contribution in [0.3, 0.4) is 0 Å². The lowest BCUT2D eigenvalue weighted by atomic mass is 9.83. The molecule has 0 N–H and O–H groups in total. The Morgan fingerprint density at radius 2 is 1.79 bits per heavy atom. The van der Waals surface area contributed by atoms with Crippen LogP contribution in [0.15, 0.2) is 30.3 Å². The Kier molecular flexibility index (Phi) is 7.09. The van der Waals surface area contributed by atoms with E-state index in [1.165, 1.54) is 31.7 Å². The fraction of sp³-hybridized carbons (Fsp3) is 0.481. The molecule has 0 saturated heterocycles. The van der Waals surface area contributed by atoms with Crippen molar-refractivity contribution in [2.75, 3.05) is 6.61 Å². The van der Waals surface area contributed by atoms with Crippen molar-refractivity contribution < 1.29 is 26.7 Å². The van der Waals surface area contributed by atoms with Crippen LogP contribution in [-0.2, 0) is 4.74 Å². The summed E-state index contributed by atoms with van der Waals surface area (Å²) < 4.78 is 72.1. The molecule has 0 aliphatic heterocycles. The van der Waals surface area contributed by atoms with Gasteiger partial charge in [-0.1, -0.05) is 43.9 Å². The van der Waals surface area contributed by atoms with E-state index in [0.29, 0.717) is 11.3 Å². The summed E-state index contributed by atoms with van der Waals surface area (Å²) in [7, 11) is 0. The van der Waals surface area contributed by atoms with E-state index < -0.39 is 23.4 Å². The predicted molar refractivity (Wildman–Crippen MR) is 119 cm³/mol. The summed E-state index contributed by atoms with van der Waals surface area (Å²) in [5, 5.41) is 0.344. The number of benzene rings is 2. The van der Waals surface area contributed by atoms with Gasteiger partial charge in [-0.2, -0.15) is 13.2 Å². The van der Waals surface area contributed by atoms with Crippen molar-refractivity contribution in [3.63, 3.8) is 0 Å². The van der Waals surface area contributed by atoms with Crippen molar-refractivity contribution in [2.24, 2.45) is 11.8 Å². The Hall–Kier alpha value is -2.39. The molecular formula is C27H27F5O. The molecule has 2 aliphatic rings. The molecule has 1 saturated carbocycles. The Labute approximate surface area is 191 Å². The smallest absolute Gasteiger partial charge is 0.378 e. The van der Waals surface area contributed by atoms with Gasteiger partial charge in [0, 0.05) is 17.9 Å². The molecule has 0 heterocycles. The largest absolute Gasteiger partial charge is 0.458 e. The standard InChI is InChI=1S/C27H27F5O/c1-17-2-4-18(5-3-17)16-33-22-9-6-19(7-10-22)20-8-11-23-21(14-20)15-25(28)24(26(23)29)12-13-27(30,31)32/h6,8,11,14-15,17-18,22H,2-5,7,9-10,16H2,1H3. The molecule has 6 heteroatoms. The SMILES string of the molecule is CC1CCC(COC2CC=C(c3ccc4c(F)c(C#CC(F)(F)F)c(F)cc4c3)CC2)CC1. The van der Waals surface area contributed by atoms with Crippen LogP contribution < -0.4 is 0 Å². The van der Waals surface area contributed by atoms with E-state index in [0.717, 1.165) is 54.9 Å². The second-order valence-electron chi connectivity index (χ2n) is 9.32. The number of allylic oxidation sites excluding steroid dienone is 1. The summed E-state index contributed by atoms with van der Waals surface area (Å²) in [4.78, 5) is 0. The van der Waals surface area contributed by atoms with Crippen molar-refractivity contribution >= 4 is 16.3 Å². The van der Waals surface area contributed by atoms with Gasteiger partial charge in [0.25, 0.3) is 0 Å². The van der Waals surface area contributed by atoms with Gasteiger partial charge >= 0.3 is 6.18 Å². The van der Waals surface area contributed by atoms with Crippen LogP contribution >= 0.6 is 0 Å². The molecule has 0 aromatic heterocycles. The number of hydrogen-bond acceptors (Lipinski definition) is 1. The van der Waals surface area contributed by atoms with Gasteiger partial charge in [-0.15, -0.1) is 0 Å². The van der Waals surface area contributed by atoms with Gasteiger partial charge in [0.1, 0.15) is 11.6 Å². The van der Waals surface area contributed by atoms with E-state index >= 15 is 0 Å². The molecular weight excluding hydrogens is 435 g/mol. The molecule has 33 heavy (non-hydrogen) atoms. The number of halogens is 5. The van der Waals surface area contributed by atoms with Gasteiger partial charge in [-0.3, -0.25) is 0 Å². The summed E-state index contributed by atoms with van der Waals surface area (Å²) in [6.45, 7) is 3.12. The molecule has 176 valence electrons. The number of ether oxygens (including phenoxy) is 1. The van der Waals surface area contributed by atoms with Crippen molar-refractivity contribution in [1.29, 1.82) is 0 Å². The van der Waals surface area contributed by atoms with Crippen LogP contribution in [-0.4, -0.2) is 18.9 Å². The first kappa shape index (κ1) is 23.8. The third kappa shape index (κ3) is 5.95. The lowest BCUT2D eigenvalue weighted by Gasteiger charge is -2.29. The number of fused-ring (bicyclic) bond motifs is 1. The van der Waals surface area contributed by atoms with Crippen molar-refractivity contribution in [2.45, 2.75) is 64.1 Å². The average molecular weight is 463 g/mol. The van der Waals surface area contributed by atoms with Gasteiger partial charge in [0.2, 0.25) is 0 Å². The highest BCUT2D eigenvalue weighted by molar-refractivity contribution is 5.88. The zero-order chi connectivity index (χ0) is 23.6.